The molecule has 3 N–H and O–H groups in total. The molecule has 1 aromatic carbocycles. The van der Waals surface area contributed by atoms with E-state index in [1.807, 2.05) is 31.2 Å². The predicted molar refractivity (Wildman–Crippen MR) is 67.1 cm³/mol. The van der Waals surface area contributed by atoms with Crippen LogP contribution in [0.5, 0.6) is 5.75 Å². The van der Waals surface area contributed by atoms with E-state index in [1.54, 1.807) is 7.11 Å². The molecular formula is C12H17N3O2. The maximum absolute atomic E-state index is 10.4. The van der Waals surface area contributed by atoms with Crippen LogP contribution in [-0.2, 0) is 6.42 Å². The first-order valence-electron chi connectivity index (χ1n) is 5.33. The fraction of sp³-hybridized carbons (Fsp3) is 0.333. The third-order valence-electron chi connectivity index (χ3n) is 2.29. The van der Waals surface area contributed by atoms with Crippen molar-refractivity contribution in [2.24, 2.45) is 10.8 Å². The predicted octanol–water partition coefficient (Wildman–Crippen LogP) is 1.67. The molecule has 0 saturated heterocycles. The summed E-state index contributed by atoms with van der Waals surface area (Å²) in [6.45, 7) is 1.85. The van der Waals surface area contributed by atoms with Gasteiger partial charge < -0.3 is 10.5 Å². The molecule has 0 aliphatic heterocycles. The number of methoxy groups -OCH3 is 1. The van der Waals surface area contributed by atoms with Gasteiger partial charge in [-0.05, 0) is 37.5 Å². The molecule has 0 spiro atoms. The highest BCUT2D eigenvalue weighted by atomic mass is 16.5. The zero-order valence-electron chi connectivity index (χ0n) is 10.1. The van der Waals surface area contributed by atoms with Crippen LogP contribution in [0.1, 0.15) is 18.9 Å². The average molecular weight is 235 g/mol. The molecule has 0 aromatic heterocycles. The van der Waals surface area contributed by atoms with Crippen molar-refractivity contribution in [3.05, 3.63) is 29.8 Å². The summed E-state index contributed by atoms with van der Waals surface area (Å²) in [4.78, 5) is 10.4. The van der Waals surface area contributed by atoms with Gasteiger partial charge in [0, 0.05) is 5.71 Å². The summed E-state index contributed by atoms with van der Waals surface area (Å²) in [6, 6.07) is 7.21. The Labute approximate surface area is 101 Å². The van der Waals surface area contributed by atoms with Crippen LogP contribution in [0, 0.1) is 0 Å². The van der Waals surface area contributed by atoms with E-state index in [4.69, 9.17) is 10.5 Å². The first kappa shape index (κ1) is 13.0. The summed E-state index contributed by atoms with van der Waals surface area (Å²) in [5.41, 5.74) is 9.14. The van der Waals surface area contributed by atoms with Gasteiger partial charge >= 0.3 is 6.03 Å². The van der Waals surface area contributed by atoms with Crippen molar-refractivity contribution < 1.29 is 9.53 Å². The number of hydrogen-bond acceptors (Lipinski definition) is 3. The normalized spacial score (nSPS) is 11.1. The van der Waals surface area contributed by atoms with Crippen molar-refractivity contribution in [3.63, 3.8) is 0 Å². The summed E-state index contributed by atoms with van der Waals surface area (Å²) in [7, 11) is 1.64. The molecule has 1 aromatic rings. The Morgan fingerprint density at radius 3 is 2.59 bits per heavy atom. The van der Waals surface area contributed by atoms with Crippen LogP contribution in [0.15, 0.2) is 29.4 Å². The van der Waals surface area contributed by atoms with Crippen LogP contribution >= 0.6 is 0 Å². The average Bonchev–Trinajstić information content (AvgIpc) is 2.34. The lowest BCUT2D eigenvalue weighted by molar-refractivity contribution is 0.249. The smallest absolute Gasteiger partial charge is 0.332 e. The van der Waals surface area contributed by atoms with Crippen LogP contribution < -0.4 is 15.9 Å². The number of aryl methyl sites for hydroxylation is 1. The molecule has 5 heteroatoms. The maximum Gasteiger partial charge on any atom is 0.332 e. The Kier molecular flexibility index (Phi) is 5.00. The van der Waals surface area contributed by atoms with Gasteiger partial charge in [0.25, 0.3) is 0 Å². The van der Waals surface area contributed by atoms with Gasteiger partial charge in [-0.3, -0.25) is 0 Å². The zero-order valence-corrected chi connectivity index (χ0v) is 10.1. The number of urea groups is 1. The number of nitrogens with zero attached hydrogens (tertiary/aromatic N) is 1. The second-order valence-electron chi connectivity index (χ2n) is 3.67. The van der Waals surface area contributed by atoms with Gasteiger partial charge in [0.2, 0.25) is 0 Å². The summed E-state index contributed by atoms with van der Waals surface area (Å²) >= 11 is 0. The molecule has 0 unspecified atom stereocenters. The van der Waals surface area contributed by atoms with Crippen LogP contribution in [0.4, 0.5) is 4.79 Å². The lowest BCUT2D eigenvalue weighted by Gasteiger charge is -2.03. The van der Waals surface area contributed by atoms with Gasteiger partial charge in [0.05, 0.1) is 7.11 Å². The van der Waals surface area contributed by atoms with E-state index in [2.05, 4.69) is 10.5 Å². The van der Waals surface area contributed by atoms with Crippen molar-refractivity contribution in [2.45, 2.75) is 19.8 Å². The largest absolute Gasteiger partial charge is 0.497 e. The fourth-order valence-corrected chi connectivity index (χ4v) is 1.32. The standard InChI is InChI=1S/C12H17N3O2/c1-9(14-15-12(13)16)3-4-10-5-7-11(17-2)8-6-10/h5-8H,3-4H2,1-2H3,(H3,13,15,16)/b14-9+. The van der Waals surface area contributed by atoms with Crippen molar-refractivity contribution in [1.29, 1.82) is 0 Å². The second-order valence-corrected chi connectivity index (χ2v) is 3.67. The van der Waals surface area contributed by atoms with E-state index < -0.39 is 6.03 Å². The monoisotopic (exact) mass is 235 g/mol. The van der Waals surface area contributed by atoms with Gasteiger partial charge in [-0.15, -0.1) is 0 Å². The maximum atomic E-state index is 10.4. The molecule has 17 heavy (non-hydrogen) atoms. The van der Waals surface area contributed by atoms with E-state index in [9.17, 15) is 4.79 Å². The van der Waals surface area contributed by atoms with Crippen molar-refractivity contribution in [3.8, 4) is 5.75 Å². The van der Waals surface area contributed by atoms with Gasteiger partial charge in [-0.1, -0.05) is 12.1 Å². The minimum atomic E-state index is -0.645. The zero-order chi connectivity index (χ0) is 12.7. The van der Waals surface area contributed by atoms with Gasteiger partial charge in [-0.25, -0.2) is 10.2 Å². The van der Waals surface area contributed by atoms with Crippen molar-refractivity contribution >= 4 is 11.7 Å². The van der Waals surface area contributed by atoms with Gasteiger partial charge in [0.1, 0.15) is 5.75 Å². The summed E-state index contributed by atoms with van der Waals surface area (Å²) < 4.78 is 5.07. The fourth-order valence-electron chi connectivity index (χ4n) is 1.32. The van der Waals surface area contributed by atoms with Crippen LogP contribution in [-0.4, -0.2) is 18.9 Å². The number of primary amides is 1. The molecule has 5 nitrogen and oxygen atoms in total. The SMILES string of the molecule is COc1ccc(CC/C(C)=N/NC(N)=O)cc1. The topological polar surface area (TPSA) is 76.7 Å². The van der Waals surface area contributed by atoms with Gasteiger partial charge in [0.15, 0.2) is 0 Å². The highest BCUT2D eigenvalue weighted by Gasteiger charge is 1.97. The summed E-state index contributed by atoms with van der Waals surface area (Å²) in [5.74, 6) is 0.842. The third-order valence-corrected chi connectivity index (χ3v) is 2.29. The molecule has 0 aliphatic carbocycles. The third kappa shape index (κ3) is 5.01. The molecule has 0 atom stereocenters. The van der Waals surface area contributed by atoms with Crippen molar-refractivity contribution in [2.75, 3.05) is 7.11 Å². The molecular weight excluding hydrogens is 218 g/mol. The Balaban J connectivity index is 2.44. The number of rotatable bonds is 5. The molecule has 0 aliphatic rings. The van der Waals surface area contributed by atoms with E-state index >= 15 is 0 Å². The summed E-state index contributed by atoms with van der Waals surface area (Å²) in [6.07, 6.45) is 1.63. The lowest BCUT2D eigenvalue weighted by atomic mass is 10.1. The first-order chi connectivity index (χ1) is 8.11. The number of hydrazone groups is 1. The number of nitrogens with one attached hydrogen (secondary N) is 1. The molecule has 0 fully saturated rings. The van der Waals surface area contributed by atoms with Crippen LogP contribution in [0.3, 0.4) is 0 Å². The number of ether oxygens (including phenoxy) is 1. The highest BCUT2D eigenvalue weighted by molar-refractivity contribution is 5.83. The van der Waals surface area contributed by atoms with E-state index in [1.165, 1.54) is 5.56 Å². The molecule has 2 amide bonds. The Morgan fingerprint density at radius 2 is 2.06 bits per heavy atom. The Bertz CT molecular complexity index is 399. The number of carbonyl (C=O) groups is 1. The highest BCUT2D eigenvalue weighted by Crippen LogP contribution is 2.12. The minimum absolute atomic E-state index is 0.645. The molecule has 0 saturated carbocycles. The number of benzene rings is 1. The Hall–Kier alpha value is -2.04. The molecule has 1 rings (SSSR count). The quantitative estimate of drug-likeness (QED) is 0.601. The molecule has 0 radical (unpaired) electrons. The first-order valence-corrected chi connectivity index (χ1v) is 5.33. The lowest BCUT2D eigenvalue weighted by Crippen LogP contribution is -2.25. The molecule has 0 heterocycles. The van der Waals surface area contributed by atoms with Crippen LogP contribution in [0.2, 0.25) is 0 Å². The second kappa shape index (κ2) is 6.52. The van der Waals surface area contributed by atoms with E-state index in [-0.39, 0.29) is 0 Å². The number of carbonyl (C=O) groups excluding carboxylic acids is 1. The van der Waals surface area contributed by atoms with E-state index in [0.29, 0.717) is 0 Å². The van der Waals surface area contributed by atoms with E-state index in [0.717, 1.165) is 24.3 Å². The summed E-state index contributed by atoms with van der Waals surface area (Å²) in [5, 5.41) is 3.84. The number of amides is 2. The molecule has 0 bridgehead atoms. The minimum Gasteiger partial charge on any atom is -0.497 e. The van der Waals surface area contributed by atoms with Gasteiger partial charge in [-0.2, -0.15) is 5.10 Å². The number of hydrogen-bond donors (Lipinski definition) is 2. The van der Waals surface area contributed by atoms with Crippen molar-refractivity contribution in [1.82, 2.24) is 5.43 Å². The Morgan fingerprint density at radius 1 is 1.41 bits per heavy atom. The number of nitrogens with two attached hydrogens (primary N) is 1. The molecule has 92 valence electrons. The van der Waals surface area contributed by atoms with Crippen LogP contribution in [0.25, 0.3) is 0 Å².